The highest BCUT2D eigenvalue weighted by Gasteiger charge is 2.32. The number of hydrogen-bond donors (Lipinski definition) is 0. The maximum atomic E-state index is 12.6. The molecule has 3 rings (SSSR count). The number of amides is 1. The van der Waals surface area contributed by atoms with Gasteiger partial charge in [0.15, 0.2) is 6.61 Å². The van der Waals surface area contributed by atoms with Gasteiger partial charge in [-0.15, -0.1) is 0 Å². The normalized spacial score (nSPS) is 15.3. The Kier molecular flexibility index (Phi) is 7.94. The molecule has 0 unspecified atom stereocenters. The molecule has 0 atom stereocenters. The van der Waals surface area contributed by atoms with E-state index in [0.717, 1.165) is 11.1 Å². The Morgan fingerprint density at radius 1 is 1.00 bits per heavy atom. The fraction of sp³-hybridized carbons (Fsp3) is 0.409. The first-order chi connectivity index (χ1) is 14.9. The third-order valence-electron chi connectivity index (χ3n) is 5.34. The van der Waals surface area contributed by atoms with Crippen molar-refractivity contribution in [2.75, 3.05) is 45.9 Å². The first-order valence-corrected chi connectivity index (χ1v) is 12.1. The molecule has 0 aliphatic carbocycles. The predicted octanol–water partition coefficient (Wildman–Crippen LogP) is 3.12. The van der Waals surface area contributed by atoms with Crippen LogP contribution in [0.5, 0.6) is 5.75 Å². The van der Waals surface area contributed by atoms with Crippen molar-refractivity contribution in [1.82, 2.24) is 13.5 Å². The van der Waals surface area contributed by atoms with Gasteiger partial charge >= 0.3 is 0 Å². The molecule has 31 heavy (non-hydrogen) atoms. The summed E-state index contributed by atoms with van der Waals surface area (Å²) in [6.07, 6.45) is 0. The molecule has 7 nitrogen and oxygen atoms in total. The van der Waals surface area contributed by atoms with Crippen LogP contribution in [0.3, 0.4) is 0 Å². The van der Waals surface area contributed by atoms with Crippen molar-refractivity contribution in [2.45, 2.75) is 13.8 Å². The zero-order valence-electron chi connectivity index (χ0n) is 17.8. The van der Waals surface area contributed by atoms with Gasteiger partial charge in [0.2, 0.25) is 0 Å². The molecule has 0 radical (unpaired) electrons. The molecule has 0 N–H and O–H groups in total. The number of carbonyl (C=O) groups is 1. The van der Waals surface area contributed by atoms with Crippen LogP contribution in [-0.4, -0.2) is 73.7 Å². The van der Waals surface area contributed by atoms with Gasteiger partial charge in [-0.05, 0) is 23.3 Å². The van der Waals surface area contributed by atoms with Crippen molar-refractivity contribution < 1.29 is 17.9 Å². The third-order valence-corrected chi connectivity index (χ3v) is 7.82. The van der Waals surface area contributed by atoms with E-state index in [1.54, 1.807) is 11.0 Å². The Labute approximate surface area is 189 Å². The molecule has 2 aromatic rings. The molecule has 2 aromatic carbocycles. The molecule has 0 spiro atoms. The quantitative estimate of drug-likeness (QED) is 0.600. The molecule has 1 fully saturated rings. The average Bonchev–Trinajstić information content (AvgIpc) is 2.79. The highest BCUT2D eigenvalue weighted by Crippen LogP contribution is 2.30. The lowest BCUT2D eigenvalue weighted by Crippen LogP contribution is -2.54. The number of hydrogen-bond acceptors (Lipinski definition) is 4. The van der Waals surface area contributed by atoms with Crippen molar-refractivity contribution in [2.24, 2.45) is 0 Å². The van der Waals surface area contributed by atoms with Crippen LogP contribution >= 0.6 is 11.6 Å². The maximum absolute atomic E-state index is 12.6. The first kappa shape index (κ1) is 23.5. The van der Waals surface area contributed by atoms with Crippen LogP contribution in [0.1, 0.15) is 13.8 Å². The number of piperazine rings is 1. The fourth-order valence-corrected chi connectivity index (χ4v) is 5.38. The van der Waals surface area contributed by atoms with E-state index in [4.69, 9.17) is 16.3 Å². The summed E-state index contributed by atoms with van der Waals surface area (Å²) >= 11 is 6.35. The summed E-state index contributed by atoms with van der Waals surface area (Å²) < 4.78 is 33.7. The molecule has 0 aromatic heterocycles. The molecular weight excluding hydrogens is 438 g/mol. The van der Waals surface area contributed by atoms with E-state index in [9.17, 15) is 13.2 Å². The van der Waals surface area contributed by atoms with E-state index in [-0.39, 0.29) is 25.6 Å². The molecule has 1 amide bonds. The average molecular weight is 466 g/mol. The second kappa shape index (κ2) is 10.5. The highest BCUT2D eigenvalue weighted by molar-refractivity contribution is 7.86. The van der Waals surface area contributed by atoms with Crippen molar-refractivity contribution in [3.8, 4) is 16.9 Å². The second-order valence-corrected chi connectivity index (χ2v) is 9.51. The lowest BCUT2D eigenvalue weighted by atomic mass is 10.1. The number of ether oxygens (including phenoxy) is 1. The van der Waals surface area contributed by atoms with Crippen LogP contribution in [0.25, 0.3) is 11.1 Å². The van der Waals surface area contributed by atoms with Crippen LogP contribution < -0.4 is 4.74 Å². The summed E-state index contributed by atoms with van der Waals surface area (Å²) in [7, 11) is -3.48. The van der Waals surface area contributed by atoms with Gasteiger partial charge < -0.3 is 9.64 Å². The highest BCUT2D eigenvalue weighted by atomic mass is 35.5. The summed E-state index contributed by atoms with van der Waals surface area (Å²) in [4.78, 5) is 14.2. The monoisotopic (exact) mass is 465 g/mol. The minimum absolute atomic E-state index is 0.146. The standard InChI is InChI=1S/C22H28ClN3O4S/c1-3-25(4-2)31(28,29)26-14-12-24(13-15-26)22(27)17-30-21-11-10-19(16-20(21)23)18-8-6-5-7-9-18/h5-11,16H,3-4,12-15,17H2,1-2H3. The van der Waals surface area contributed by atoms with Crippen LogP contribution in [0, 0.1) is 0 Å². The van der Waals surface area contributed by atoms with Crippen molar-refractivity contribution in [3.63, 3.8) is 0 Å². The molecular formula is C22H28ClN3O4S. The second-order valence-electron chi connectivity index (χ2n) is 7.17. The fourth-order valence-electron chi connectivity index (χ4n) is 3.54. The van der Waals surface area contributed by atoms with Gasteiger partial charge in [0.25, 0.3) is 16.1 Å². The molecule has 168 valence electrons. The van der Waals surface area contributed by atoms with Crippen LogP contribution in [0.4, 0.5) is 0 Å². The topological polar surface area (TPSA) is 70.2 Å². The summed E-state index contributed by atoms with van der Waals surface area (Å²) in [5.41, 5.74) is 2.01. The van der Waals surface area contributed by atoms with E-state index in [0.29, 0.717) is 37.0 Å². The zero-order valence-corrected chi connectivity index (χ0v) is 19.4. The SMILES string of the molecule is CCN(CC)S(=O)(=O)N1CCN(C(=O)COc2ccc(-c3ccccc3)cc2Cl)CC1. The number of rotatable bonds is 8. The van der Waals surface area contributed by atoms with Gasteiger partial charge in [0, 0.05) is 39.3 Å². The summed E-state index contributed by atoms with van der Waals surface area (Å²) in [6, 6.07) is 15.3. The molecule has 1 heterocycles. The van der Waals surface area contributed by atoms with Crippen molar-refractivity contribution in [3.05, 3.63) is 53.6 Å². The van der Waals surface area contributed by atoms with Gasteiger partial charge in [-0.1, -0.05) is 61.8 Å². The maximum Gasteiger partial charge on any atom is 0.282 e. The molecule has 1 aliphatic heterocycles. The Morgan fingerprint density at radius 2 is 1.65 bits per heavy atom. The minimum Gasteiger partial charge on any atom is -0.482 e. The van der Waals surface area contributed by atoms with Gasteiger partial charge in [0.1, 0.15) is 5.75 Å². The third kappa shape index (κ3) is 5.57. The molecule has 0 bridgehead atoms. The zero-order chi connectivity index (χ0) is 22.4. The van der Waals surface area contributed by atoms with Gasteiger partial charge in [-0.3, -0.25) is 4.79 Å². The number of nitrogens with zero attached hydrogens (tertiary/aromatic N) is 3. The molecule has 1 saturated heterocycles. The minimum atomic E-state index is -3.48. The van der Waals surface area contributed by atoms with Gasteiger partial charge in [-0.25, -0.2) is 0 Å². The summed E-state index contributed by atoms with van der Waals surface area (Å²) in [5.74, 6) is 0.250. The smallest absolute Gasteiger partial charge is 0.282 e. The Morgan fingerprint density at radius 3 is 2.23 bits per heavy atom. The molecule has 0 saturated carbocycles. The predicted molar refractivity (Wildman–Crippen MR) is 122 cm³/mol. The van der Waals surface area contributed by atoms with E-state index < -0.39 is 10.2 Å². The van der Waals surface area contributed by atoms with E-state index in [1.165, 1.54) is 8.61 Å². The molecule has 1 aliphatic rings. The lowest BCUT2D eigenvalue weighted by molar-refractivity contribution is -0.134. The van der Waals surface area contributed by atoms with Crippen molar-refractivity contribution >= 4 is 27.7 Å². The molecule has 9 heteroatoms. The summed E-state index contributed by atoms with van der Waals surface area (Å²) in [6.45, 7) is 5.56. The van der Waals surface area contributed by atoms with Crippen LogP contribution in [0.15, 0.2) is 48.5 Å². The van der Waals surface area contributed by atoms with E-state index in [2.05, 4.69) is 0 Å². The van der Waals surface area contributed by atoms with Gasteiger partial charge in [0.05, 0.1) is 5.02 Å². The van der Waals surface area contributed by atoms with E-state index >= 15 is 0 Å². The summed E-state index contributed by atoms with van der Waals surface area (Å²) in [5, 5.41) is 0.435. The van der Waals surface area contributed by atoms with Crippen LogP contribution in [-0.2, 0) is 15.0 Å². The van der Waals surface area contributed by atoms with E-state index in [1.807, 2.05) is 56.3 Å². The lowest BCUT2D eigenvalue weighted by Gasteiger charge is -2.36. The largest absolute Gasteiger partial charge is 0.482 e. The van der Waals surface area contributed by atoms with Crippen molar-refractivity contribution in [1.29, 1.82) is 0 Å². The Hall–Kier alpha value is -2.13. The number of halogens is 1. The number of benzene rings is 2. The first-order valence-electron chi connectivity index (χ1n) is 10.4. The Balaban J connectivity index is 1.54. The van der Waals surface area contributed by atoms with Gasteiger partial charge in [-0.2, -0.15) is 17.0 Å². The number of carbonyl (C=O) groups excluding carboxylic acids is 1. The Bertz CT molecular complexity index is 989. The van der Waals surface area contributed by atoms with Crippen LogP contribution in [0.2, 0.25) is 5.02 Å².